The van der Waals surface area contributed by atoms with E-state index in [1.165, 1.54) is 36.8 Å². The van der Waals surface area contributed by atoms with Crippen molar-refractivity contribution in [3.63, 3.8) is 0 Å². The van der Waals surface area contributed by atoms with E-state index in [1.807, 2.05) is 11.9 Å². The van der Waals surface area contributed by atoms with Crippen molar-refractivity contribution in [2.45, 2.75) is 70.5 Å². The number of amides is 1. The lowest BCUT2D eigenvalue weighted by Crippen LogP contribution is -2.39. The SMILES string of the molecule is CC(C)c1ccc(CN(C)C(=O)CC2CC3CCC(C2)N3)cc1. The number of nitrogens with zero attached hydrogens (tertiary/aromatic N) is 1. The van der Waals surface area contributed by atoms with Crippen LogP contribution in [0, 0.1) is 5.92 Å². The van der Waals surface area contributed by atoms with Gasteiger partial charge in [-0.1, -0.05) is 38.1 Å². The van der Waals surface area contributed by atoms with Crippen LogP contribution >= 0.6 is 0 Å². The molecule has 0 saturated carbocycles. The molecule has 0 radical (unpaired) electrons. The molecule has 23 heavy (non-hydrogen) atoms. The predicted molar refractivity (Wildman–Crippen MR) is 94.3 cm³/mol. The van der Waals surface area contributed by atoms with Crippen LogP contribution in [-0.2, 0) is 11.3 Å². The van der Waals surface area contributed by atoms with E-state index in [0.29, 0.717) is 29.8 Å². The molecule has 2 unspecified atom stereocenters. The highest BCUT2D eigenvalue weighted by atomic mass is 16.2. The maximum absolute atomic E-state index is 12.5. The largest absolute Gasteiger partial charge is 0.341 e. The van der Waals surface area contributed by atoms with E-state index >= 15 is 0 Å². The lowest BCUT2D eigenvalue weighted by atomic mass is 9.89. The fraction of sp³-hybridized carbons (Fsp3) is 0.650. The second kappa shape index (κ2) is 7.04. The second-order valence-electron chi connectivity index (χ2n) is 7.83. The Balaban J connectivity index is 1.51. The molecule has 3 rings (SSSR count). The van der Waals surface area contributed by atoms with Crippen molar-refractivity contribution in [2.24, 2.45) is 5.92 Å². The zero-order chi connectivity index (χ0) is 16.4. The molecule has 1 aromatic carbocycles. The van der Waals surface area contributed by atoms with E-state index in [9.17, 15) is 4.79 Å². The van der Waals surface area contributed by atoms with Gasteiger partial charge in [-0.2, -0.15) is 0 Å². The van der Waals surface area contributed by atoms with Gasteiger partial charge in [-0.25, -0.2) is 0 Å². The summed E-state index contributed by atoms with van der Waals surface area (Å²) in [5.74, 6) is 1.43. The van der Waals surface area contributed by atoms with Gasteiger partial charge in [-0.05, 0) is 48.6 Å². The molecule has 1 aromatic rings. The third-order valence-electron chi connectivity index (χ3n) is 5.53. The summed E-state index contributed by atoms with van der Waals surface area (Å²) >= 11 is 0. The zero-order valence-electron chi connectivity index (χ0n) is 14.7. The number of carbonyl (C=O) groups is 1. The number of piperidine rings is 1. The highest BCUT2D eigenvalue weighted by molar-refractivity contribution is 5.76. The first kappa shape index (κ1) is 16.5. The summed E-state index contributed by atoms with van der Waals surface area (Å²) in [7, 11) is 1.94. The van der Waals surface area contributed by atoms with Crippen LogP contribution < -0.4 is 5.32 Å². The monoisotopic (exact) mass is 314 g/mol. The van der Waals surface area contributed by atoms with Crippen molar-refractivity contribution in [1.29, 1.82) is 0 Å². The van der Waals surface area contributed by atoms with E-state index in [4.69, 9.17) is 0 Å². The Morgan fingerprint density at radius 2 is 1.78 bits per heavy atom. The van der Waals surface area contributed by atoms with Gasteiger partial charge < -0.3 is 10.2 Å². The summed E-state index contributed by atoms with van der Waals surface area (Å²) in [6.07, 6.45) is 5.67. The molecule has 126 valence electrons. The van der Waals surface area contributed by atoms with Crippen LogP contribution in [0.1, 0.15) is 63.0 Å². The normalized spacial score (nSPS) is 26.5. The number of fused-ring (bicyclic) bond motifs is 2. The van der Waals surface area contributed by atoms with Crippen molar-refractivity contribution in [3.8, 4) is 0 Å². The lowest BCUT2D eigenvalue weighted by molar-refractivity contribution is -0.131. The van der Waals surface area contributed by atoms with Crippen molar-refractivity contribution in [2.75, 3.05) is 7.05 Å². The van der Waals surface area contributed by atoms with Gasteiger partial charge in [0.15, 0.2) is 0 Å². The molecule has 0 spiro atoms. The lowest BCUT2D eigenvalue weighted by Gasteiger charge is -2.30. The maximum Gasteiger partial charge on any atom is 0.222 e. The van der Waals surface area contributed by atoms with Crippen LogP contribution in [0.2, 0.25) is 0 Å². The fourth-order valence-corrected chi connectivity index (χ4v) is 4.11. The number of nitrogens with one attached hydrogen (secondary N) is 1. The van der Waals surface area contributed by atoms with Crippen LogP contribution in [-0.4, -0.2) is 29.9 Å². The third kappa shape index (κ3) is 4.14. The quantitative estimate of drug-likeness (QED) is 0.899. The Labute approximate surface area is 140 Å². The Morgan fingerprint density at radius 3 is 2.35 bits per heavy atom. The second-order valence-corrected chi connectivity index (χ2v) is 7.83. The molecule has 2 fully saturated rings. The fourth-order valence-electron chi connectivity index (χ4n) is 4.11. The van der Waals surface area contributed by atoms with Crippen LogP contribution in [0.15, 0.2) is 24.3 Å². The molecule has 1 amide bonds. The third-order valence-corrected chi connectivity index (χ3v) is 5.53. The Bertz CT molecular complexity index is 525. The first-order valence-electron chi connectivity index (χ1n) is 9.10. The Kier molecular flexibility index (Phi) is 5.05. The number of carbonyl (C=O) groups excluding carboxylic acids is 1. The topological polar surface area (TPSA) is 32.3 Å². The Hall–Kier alpha value is -1.35. The van der Waals surface area contributed by atoms with Crippen molar-refractivity contribution >= 4 is 5.91 Å². The van der Waals surface area contributed by atoms with Gasteiger partial charge in [0.25, 0.3) is 0 Å². The molecule has 0 aliphatic carbocycles. The molecule has 2 atom stereocenters. The number of hydrogen-bond donors (Lipinski definition) is 1. The van der Waals surface area contributed by atoms with Gasteiger partial charge in [0.2, 0.25) is 5.91 Å². The van der Waals surface area contributed by atoms with Crippen molar-refractivity contribution in [3.05, 3.63) is 35.4 Å². The highest BCUT2D eigenvalue weighted by Gasteiger charge is 2.34. The van der Waals surface area contributed by atoms with Crippen LogP contribution in [0.25, 0.3) is 0 Å². The Morgan fingerprint density at radius 1 is 1.17 bits per heavy atom. The summed E-state index contributed by atoms with van der Waals surface area (Å²) in [6, 6.07) is 10.0. The highest BCUT2D eigenvalue weighted by Crippen LogP contribution is 2.33. The molecule has 0 aromatic heterocycles. The maximum atomic E-state index is 12.5. The molecular formula is C20H30N2O. The smallest absolute Gasteiger partial charge is 0.222 e. The summed E-state index contributed by atoms with van der Waals surface area (Å²) in [5, 5.41) is 3.65. The summed E-state index contributed by atoms with van der Waals surface area (Å²) in [5.41, 5.74) is 2.57. The van der Waals surface area contributed by atoms with Crippen molar-refractivity contribution < 1.29 is 4.79 Å². The molecule has 2 bridgehead atoms. The predicted octanol–water partition coefficient (Wildman–Crippen LogP) is 3.69. The van der Waals surface area contributed by atoms with Crippen LogP contribution in [0.3, 0.4) is 0 Å². The molecule has 3 nitrogen and oxygen atoms in total. The van der Waals surface area contributed by atoms with E-state index in [2.05, 4.69) is 43.4 Å². The van der Waals surface area contributed by atoms with Crippen molar-refractivity contribution in [1.82, 2.24) is 10.2 Å². The van der Waals surface area contributed by atoms with Crippen LogP contribution in [0.4, 0.5) is 0 Å². The molecular weight excluding hydrogens is 284 g/mol. The van der Waals surface area contributed by atoms with Crippen LogP contribution in [0.5, 0.6) is 0 Å². The van der Waals surface area contributed by atoms with Gasteiger partial charge in [0, 0.05) is 32.1 Å². The minimum atomic E-state index is 0.296. The number of rotatable bonds is 5. The minimum Gasteiger partial charge on any atom is -0.341 e. The number of hydrogen-bond acceptors (Lipinski definition) is 2. The average molecular weight is 314 g/mol. The summed E-state index contributed by atoms with van der Waals surface area (Å²) in [6.45, 7) is 5.13. The van der Waals surface area contributed by atoms with Gasteiger partial charge in [0.1, 0.15) is 0 Å². The first-order chi connectivity index (χ1) is 11.0. The molecule has 2 saturated heterocycles. The standard InChI is InChI=1S/C20H30N2O/c1-14(2)17-6-4-15(5-7-17)13-22(3)20(23)12-16-10-18-8-9-19(11-16)21-18/h4-7,14,16,18-19,21H,8-13H2,1-3H3. The first-order valence-corrected chi connectivity index (χ1v) is 9.10. The zero-order valence-corrected chi connectivity index (χ0v) is 14.7. The molecule has 3 heteroatoms. The summed E-state index contributed by atoms with van der Waals surface area (Å²) < 4.78 is 0. The van der Waals surface area contributed by atoms with E-state index in [1.54, 1.807) is 0 Å². The van der Waals surface area contributed by atoms with Gasteiger partial charge in [-0.3, -0.25) is 4.79 Å². The van der Waals surface area contributed by atoms with Gasteiger partial charge in [-0.15, -0.1) is 0 Å². The van der Waals surface area contributed by atoms with E-state index in [-0.39, 0.29) is 0 Å². The number of benzene rings is 1. The van der Waals surface area contributed by atoms with E-state index in [0.717, 1.165) is 13.0 Å². The molecule has 2 aliphatic heterocycles. The average Bonchev–Trinajstić information content (AvgIpc) is 2.86. The molecule has 2 aliphatic rings. The van der Waals surface area contributed by atoms with E-state index < -0.39 is 0 Å². The van der Waals surface area contributed by atoms with Gasteiger partial charge in [0.05, 0.1) is 0 Å². The molecule has 2 heterocycles. The minimum absolute atomic E-state index is 0.296. The molecule has 1 N–H and O–H groups in total. The van der Waals surface area contributed by atoms with Gasteiger partial charge >= 0.3 is 0 Å². The summed E-state index contributed by atoms with van der Waals surface area (Å²) in [4.78, 5) is 14.4.